The summed E-state index contributed by atoms with van der Waals surface area (Å²) in [4.78, 5) is 27.8. The normalized spacial score (nSPS) is 15.3. The van der Waals surface area contributed by atoms with Gasteiger partial charge < -0.3 is 15.5 Å². The van der Waals surface area contributed by atoms with Crippen molar-refractivity contribution in [2.45, 2.75) is 38.6 Å². The number of nitrogens with one attached hydrogen (secondary N) is 2. The average Bonchev–Trinajstić information content (AvgIpc) is 3.29. The molecule has 0 radical (unpaired) electrons. The van der Waals surface area contributed by atoms with Gasteiger partial charge in [-0.2, -0.15) is 10.5 Å². The molecule has 9 heteroatoms. The third-order valence-electron chi connectivity index (χ3n) is 6.98. The number of anilines is 1. The number of nitriles is 2. The van der Waals surface area contributed by atoms with Crippen molar-refractivity contribution >= 4 is 34.7 Å². The van der Waals surface area contributed by atoms with Crippen LogP contribution in [-0.4, -0.2) is 41.6 Å². The standard InChI is InChI=1S/C30H32N6O2S/c1-2-36-29(38)27(39-30(36)26(20-32)28(37)33-15-14-31)21-34-25-10-6-7-22(19-25)11-16-35-17-12-24(13-18-35)23-8-4-3-5-9-23/h3-10,19,21,24,34H,2,11-13,15-18H2,1H3,(H,33,37)/b27-21+,30-26-. The molecule has 1 aromatic heterocycles. The molecule has 1 aliphatic heterocycles. The maximum atomic E-state index is 12.9. The van der Waals surface area contributed by atoms with Crippen molar-refractivity contribution in [3.05, 3.63) is 85.3 Å². The van der Waals surface area contributed by atoms with Crippen LogP contribution in [0.4, 0.5) is 5.69 Å². The van der Waals surface area contributed by atoms with E-state index in [4.69, 9.17) is 5.26 Å². The lowest BCUT2D eigenvalue weighted by Gasteiger charge is -2.32. The number of thiazole rings is 1. The van der Waals surface area contributed by atoms with Crippen molar-refractivity contribution < 1.29 is 4.79 Å². The van der Waals surface area contributed by atoms with Crippen LogP contribution >= 0.6 is 11.3 Å². The second-order valence-corrected chi connectivity index (χ2v) is 10.4. The first-order valence-corrected chi connectivity index (χ1v) is 14.0. The van der Waals surface area contributed by atoms with Gasteiger partial charge in [-0.05, 0) is 68.5 Å². The molecule has 1 amide bonds. The lowest BCUT2D eigenvalue weighted by molar-refractivity contribution is -0.115. The predicted molar refractivity (Wildman–Crippen MR) is 154 cm³/mol. The highest BCUT2D eigenvalue weighted by molar-refractivity contribution is 7.07. The monoisotopic (exact) mass is 540 g/mol. The Labute approximate surface area is 232 Å². The molecule has 1 aliphatic rings. The molecular weight excluding hydrogens is 508 g/mol. The van der Waals surface area contributed by atoms with E-state index in [1.54, 1.807) is 13.1 Å². The zero-order chi connectivity index (χ0) is 27.6. The average molecular weight is 541 g/mol. The summed E-state index contributed by atoms with van der Waals surface area (Å²) in [5.74, 6) is -0.0200. The molecule has 1 saturated heterocycles. The van der Waals surface area contributed by atoms with Gasteiger partial charge >= 0.3 is 0 Å². The summed E-state index contributed by atoms with van der Waals surface area (Å²) in [5, 5.41) is 23.8. The second kappa shape index (κ2) is 13.6. The lowest BCUT2D eigenvalue weighted by Crippen LogP contribution is -2.34. The number of rotatable bonds is 9. The lowest BCUT2D eigenvalue weighted by atomic mass is 9.89. The van der Waals surface area contributed by atoms with Crippen molar-refractivity contribution in [1.82, 2.24) is 14.8 Å². The van der Waals surface area contributed by atoms with Crippen molar-refractivity contribution in [3.63, 3.8) is 0 Å². The van der Waals surface area contributed by atoms with Crippen molar-refractivity contribution in [1.29, 1.82) is 10.5 Å². The summed E-state index contributed by atoms with van der Waals surface area (Å²) in [5.41, 5.74) is 3.07. The maximum Gasteiger partial charge on any atom is 0.270 e. The minimum atomic E-state index is -0.668. The van der Waals surface area contributed by atoms with Gasteiger partial charge in [0.15, 0.2) is 5.57 Å². The van der Waals surface area contributed by atoms with Crippen LogP contribution in [-0.2, 0) is 17.8 Å². The molecular formula is C30H32N6O2S. The summed E-state index contributed by atoms with van der Waals surface area (Å²) < 4.78 is 2.07. The fourth-order valence-electron chi connectivity index (χ4n) is 4.86. The number of piperidine rings is 1. The molecule has 2 heterocycles. The third-order valence-corrected chi connectivity index (χ3v) is 8.11. The number of amides is 1. The molecule has 0 unspecified atom stereocenters. The number of aromatic nitrogens is 1. The minimum absolute atomic E-state index is 0.177. The Morgan fingerprint density at radius 3 is 2.59 bits per heavy atom. The fraction of sp³-hybridized carbons (Fsp3) is 0.333. The van der Waals surface area contributed by atoms with Crippen LogP contribution in [0, 0.1) is 22.7 Å². The van der Waals surface area contributed by atoms with Crippen LogP contribution in [0.5, 0.6) is 0 Å². The Morgan fingerprint density at radius 2 is 1.90 bits per heavy atom. The van der Waals surface area contributed by atoms with Crippen molar-refractivity contribution in [3.8, 4) is 12.1 Å². The molecule has 0 saturated carbocycles. The maximum absolute atomic E-state index is 12.9. The SMILES string of the molecule is CCn1c(=O)/c(=C\Nc2cccc(CCN3CCC(c4ccccc4)CC3)c2)s/c1=C(/C#N)C(=O)NCC#N. The number of likely N-dealkylation sites (tertiary alicyclic amines) is 1. The van der Waals surface area contributed by atoms with Crippen molar-refractivity contribution in [2.24, 2.45) is 0 Å². The van der Waals surface area contributed by atoms with Crippen LogP contribution in [0.3, 0.4) is 0 Å². The molecule has 0 aliphatic carbocycles. The molecule has 2 N–H and O–H groups in total. The molecule has 0 bridgehead atoms. The Balaban J connectivity index is 1.42. The Bertz CT molecular complexity index is 1550. The molecule has 2 aromatic carbocycles. The molecule has 8 nitrogen and oxygen atoms in total. The zero-order valence-corrected chi connectivity index (χ0v) is 22.8. The topological polar surface area (TPSA) is 114 Å². The highest BCUT2D eigenvalue weighted by Crippen LogP contribution is 2.27. The molecule has 0 spiro atoms. The smallest absolute Gasteiger partial charge is 0.270 e. The second-order valence-electron chi connectivity index (χ2n) is 9.41. The first kappa shape index (κ1) is 27.8. The Morgan fingerprint density at radius 1 is 1.13 bits per heavy atom. The molecule has 200 valence electrons. The van der Waals surface area contributed by atoms with Crippen LogP contribution < -0.4 is 25.4 Å². The molecule has 0 atom stereocenters. The molecule has 39 heavy (non-hydrogen) atoms. The van der Waals surface area contributed by atoms with E-state index in [0.29, 0.717) is 17.0 Å². The van der Waals surface area contributed by atoms with Gasteiger partial charge in [0.05, 0.1) is 6.07 Å². The van der Waals surface area contributed by atoms with Crippen LogP contribution in [0.25, 0.3) is 11.8 Å². The van der Waals surface area contributed by atoms with E-state index in [-0.39, 0.29) is 22.3 Å². The van der Waals surface area contributed by atoms with E-state index in [1.807, 2.05) is 24.3 Å². The van der Waals surface area contributed by atoms with Gasteiger partial charge in [-0.15, -0.1) is 11.3 Å². The summed E-state index contributed by atoms with van der Waals surface area (Å²) >= 11 is 1.08. The summed E-state index contributed by atoms with van der Waals surface area (Å²) in [6.07, 6.45) is 4.93. The van der Waals surface area contributed by atoms with Crippen molar-refractivity contribution in [2.75, 3.05) is 31.5 Å². The zero-order valence-electron chi connectivity index (χ0n) is 22.0. The summed E-state index contributed by atoms with van der Waals surface area (Å²) in [6, 6.07) is 22.6. The largest absolute Gasteiger partial charge is 0.360 e. The third kappa shape index (κ3) is 7.02. The van der Waals surface area contributed by atoms with Gasteiger partial charge in [-0.25, -0.2) is 0 Å². The number of hydrogen-bond donors (Lipinski definition) is 2. The Kier molecular flexibility index (Phi) is 9.69. The highest BCUT2D eigenvalue weighted by Gasteiger charge is 2.20. The minimum Gasteiger partial charge on any atom is -0.360 e. The van der Waals surface area contributed by atoms with Gasteiger partial charge in [0.1, 0.15) is 21.8 Å². The quantitative estimate of drug-likeness (QED) is 0.403. The molecule has 3 aromatic rings. The van der Waals surface area contributed by atoms with Gasteiger partial charge in [0, 0.05) is 25.0 Å². The number of nitrogens with zero attached hydrogens (tertiary/aromatic N) is 4. The molecule has 4 rings (SSSR count). The van der Waals surface area contributed by atoms with Crippen LogP contribution in [0.1, 0.15) is 36.8 Å². The number of benzene rings is 2. The molecule has 1 fully saturated rings. The van der Waals surface area contributed by atoms with E-state index < -0.39 is 5.91 Å². The van der Waals surface area contributed by atoms with E-state index in [1.165, 1.54) is 28.5 Å². The van der Waals surface area contributed by atoms with Gasteiger partial charge in [-0.3, -0.25) is 14.2 Å². The predicted octanol–water partition coefficient (Wildman–Crippen LogP) is 2.52. The fourth-order valence-corrected chi connectivity index (χ4v) is 5.95. The van der Waals surface area contributed by atoms with E-state index in [9.17, 15) is 14.9 Å². The highest BCUT2D eigenvalue weighted by atomic mass is 32.1. The van der Waals surface area contributed by atoms with Gasteiger partial charge in [-0.1, -0.05) is 42.5 Å². The number of carbonyl (C=O) groups excluding carboxylic acids is 1. The summed E-state index contributed by atoms with van der Waals surface area (Å²) in [6.45, 7) is 5.09. The first-order chi connectivity index (χ1) is 19.0. The van der Waals surface area contributed by atoms with Gasteiger partial charge in [0.2, 0.25) is 0 Å². The van der Waals surface area contributed by atoms with Crippen LogP contribution in [0.15, 0.2) is 59.4 Å². The number of carbonyl (C=O) groups is 1. The first-order valence-electron chi connectivity index (χ1n) is 13.2. The summed E-state index contributed by atoms with van der Waals surface area (Å²) in [7, 11) is 0. The Hall–Kier alpha value is -4.18. The van der Waals surface area contributed by atoms with E-state index >= 15 is 0 Å². The van der Waals surface area contributed by atoms with Gasteiger partial charge in [0.25, 0.3) is 11.5 Å². The van der Waals surface area contributed by atoms with E-state index in [0.717, 1.165) is 43.1 Å². The number of hydrogen-bond acceptors (Lipinski definition) is 7. The van der Waals surface area contributed by atoms with E-state index in [2.05, 4.69) is 58.0 Å². The van der Waals surface area contributed by atoms with Crippen LogP contribution in [0.2, 0.25) is 0 Å².